The fourth-order valence-corrected chi connectivity index (χ4v) is 4.45. The molecule has 0 spiro atoms. The van der Waals surface area contributed by atoms with Crippen molar-refractivity contribution in [1.29, 1.82) is 0 Å². The van der Waals surface area contributed by atoms with Crippen molar-refractivity contribution >= 4 is 12.4 Å². The summed E-state index contributed by atoms with van der Waals surface area (Å²) in [4.78, 5) is 26.4. The molecule has 7 nitrogen and oxygen atoms in total. The van der Waals surface area contributed by atoms with E-state index < -0.39 is 16.9 Å². The van der Waals surface area contributed by atoms with E-state index >= 15 is 0 Å². The van der Waals surface area contributed by atoms with Gasteiger partial charge in [0.15, 0.2) is 11.5 Å². The molecule has 156 valence electrons. The largest absolute Gasteiger partial charge is 0.459 e. The van der Waals surface area contributed by atoms with Crippen molar-refractivity contribution in [3.05, 3.63) is 35.9 Å². The molecule has 1 aromatic rings. The van der Waals surface area contributed by atoms with E-state index in [0.717, 1.165) is 12.0 Å². The maximum absolute atomic E-state index is 12.7. The lowest BCUT2D eigenvalue weighted by Crippen LogP contribution is -2.50. The number of fused-ring (bicyclic) bond motifs is 2. The molecule has 2 heterocycles. The number of carbonyl (C=O) groups excluding carboxylic acids is 2. The zero-order chi connectivity index (χ0) is 20.8. The third-order valence-corrected chi connectivity index (χ3v) is 6.08. The fraction of sp³-hybridized carbons (Fsp3) is 0.545. The molecule has 0 bridgehead atoms. The number of carbonyl (C=O) groups is 2. The maximum Gasteiger partial charge on any atom is 0.311 e. The zero-order valence-corrected chi connectivity index (χ0v) is 17.2. The number of likely N-dealkylation sites (tertiary alicyclic amines) is 1. The predicted octanol–water partition coefficient (Wildman–Crippen LogP) is 2.43. The summed E-state index contributed by atoms with van der Waals surface area (Å²) in [6, 6.07) is 5.56. The average molecular weight is 401 g/mol. The van der Waals surface area contributed by atoms with Crippen molar-refractivity contribution in [2.24, 2.45) is 5.41 Å². The molecule has 0 N–H and O–H groups in total. The zero-order valence-electron chi connectivity index (χ0n) is 17.2. The highest BCUT2D eigenvalue weighted by Crippen LogP contribution is 2.49. The fourth-order valence-electron chi connectivity index (χ4n) is 4.45. The van der Waals surface area contributed by atoms with Crippen molar-refractivity contribution in [2.75, 3.05) is 20.4 Å². The van der Waals surface area contributed by atoms with Crippen LogP contribution in [-0.4, -0.2) is 56.0 Å². The summed E-state index contributed by atoms with van der Waals surface area (Å²) in [5.41, 5.74) is -0.403. The summed E-state index contributed by atoms with van der Waals surface area (Å²) in [7, 11) is 1.65. The number of ether oxygens (including phenoxy) is 4. The number of methoxy groups -OCH3 is 1. The Hall–Kier alpha value is -2.54. The molecule has 29 heavy (non-hydrogen) atoms. The van der Waals surface area contributed by atoms with Gasteiger partial charge in [-0.05, 0) is 44.9 Å². The van der Waals surface area contributed by atoms with Gasteiger partial charge in [-0.3, -0.25) is 9.59 Å². The van der Waals surface area contributed by atoms with E-state index in [-0.39, 0.29) is 24.9 Å². The van der Waals surface area contributed by atoms with E-state index in [1.807, 2.05) is 51.1 Å². The Labute approximate surface area is 170 Å². The number of rotatable bonds is 4. The van der Waals surface area contributed by atoms with Crippen LogP contribution in [0.5, 0.6) is 11.5 Å². The quantitative estimate of drug-likeness (QED) is 0.438. The Morgan fingerprint density at radius 3 is 2.72 bits per heavy atom. The summed E-state index contributed by atoms with van der Waals surface area (Å²) in [5, 5.41) is 0. The molecule has 1 amide bonds. The van der Waals surface area contributed by atoms with Crippen molar-refractivity contribution in [1.82, 2.24) is 4.90 Å². The third-order valence-electron chi connectivity index (χ3n) is 6.08. The van der Waals surface area contributed by atoms with E-state index in [4.69, 9.17) is 18.9 Å². The van der Waals surface area contributed by atoms with Gasteiger partial charge in [-0.2, -0.15) is 0 Å². The van der Waals surface area contributed by atoms with Crippen LogP contribution in [0.2, 0.25) is 0 Å². The maximum atomic E-state index is 12.7. The molecule has 4 atom stereocenters. The molecule has 3 aliphatic rings. The first-order valence-corrected chi connectivity index (χ1v) is 9.84. The highest BCUT2D eigenvalue weighted by molar-refractivity contribution is 5.76. The molecular weight excluding hydrogens is 374 g/mol. The first kappa shape index (κ1) is 19.8. The lowest BCUT2D eigenvalue weighted by atomic mass is 9.68. The number of esters is 1. The normalized spacial score (nSPS) is 30.2. The lowest BCUT2D eigenvalue weighted by Gasteiger charge is -2.42. The van der Waals surface area contributed by atoms with E-state index in [2.05, 4.69) is 0 Å². The van der Waals surface area contributed by atoms with E-state index in [0.29, 0.717) is 24.5 Å². The van der Waals surface area contributed by atoms with Crippen LogP contribution >= 0.6 is 0 Å². The number of nitrogens with zero attached hydrogens (tertiary/aromatic N) is 1. The number of hydrogen-bond acceptors (Lipinski definition) is 6. The molecule has 0 saturated carbocycles. The minimum atomic E-state index is -0.683. The molecule has 7 heteroatoms. The van der Waals surface area contributed by atoms with Crippen LogP contribution in [-0.2, 0) is 24.5 Å². The van der Waals surface area contributed by atoms with Gasteiger partial charge in [0.2, 0.25) is 13.2 Å². The summed E-state index contributed by atoms with van der Waals surface area (Å²) in [5.74, 6) is 1.05. The summed E-state index contributed by atoms with van der Waals surface area (Å²) in [6.07, 6.45) is 4.86. The second kappa shape index (κ2) is 7.06. The summed E-state index contributed by atoms with van der Waals surface area (Å²) in [6.45, 7) is 5.98. The third kappa shape index (κ3) is 3.17. The van der Waals surface area contributed by atoms with Crippen LogP contribution in [0.1, 0.15) is 32.8 Å². The van der Waals surface area contributed by atoms with Gasteiger partial charge in [0.25, 0.3) is 0 Å². The summed E-state index contributed by atoms with van der Waals surface area (Å²) < 4.78 is 22.6. The molecule has 1 saturated heterocycles. The Morgan fingerprint density at radius 1 is 1.28 bits per heavy atom. The topological polar surface area (TPSA) is 74.3 Å². The van der Waals surface area contributed by atoms with Crippen LogP contribution in [0.25, 0.3) is 0 Å². The second-order valence-electron chi connectivity index (χ2n) is 8.83. The number of amides is 1. The lowest BCUT2D eigenvalue weighted by molar-refractivity contribution is -0.160. The van der Waals surface area contributed by atoms with Crippen LogP contribution in [0, 0.1) is 5.41 Å². The smallest absolute Gasteiger partial charge is 0.311 e. The van der Waals surface area contributed by atoms with Crippen molar-refractivity contribution in [2.45, 2.75) is 50.9 Å². The number of benzene rings is 1. The van der Waals surface area contributed by atoms with Crippen LogP contribution < -0.4 is 9.47 Å². The van der Waals surface area contributed by atoms with Gasteiger partial charge in [-0.25, -0.2) is 0 Å². The van der Waals surface area contributed by atoms with Crippen LogP contribution in [0.4, 0.5) is 0 Å². The van der Waals surface area contributed by atoms with E-state index in [9.17, 15) is 9.59 Å². The Balaban J connectivity index is 1.82. The summed E-state index contributed by atoms with van der Waals surface area (Å²) >= 11 is 0. The SMILES string of the molecule is CO[C@@H]1C=C[C@@]2(c3ccc4c(c3)OCO4)[C@@H](OC(=O)C(C)(C)C)CN(C=O)[C@H]2C1. The average Bonchev–Trinajstić information content (AvgIpc) is 3.29. The van der Waals surface area contributed by atoms with Crippen LogP contribution in [0.3, 0.4) is 0 Å². The molecule has 1 aliphatic carbocycles. The van der Waals surface area contributed by atoms with Gasteiger partial charge in [-0.1, -0.05) is 18.2 Å². The second-order valence-corrected chi connectivity index (χ2v) is 8.83. The van der Waals surface area contributed by atoms with E-state index in [1.54, 1.807) is 12.0 Å². The van der Waals surface area contributed by atoms with Crippen molar-refractivity contribution < 1.29 is 28.5 Å². The Bertz CT molecular complexity index is 844. The first-order chi connectivity index (χ1) is 13.8. The molecule has 0 radical (unpaired) electrons. The first-order valence-electron chi connectivity index (χ1n) is 9.84. The molecule has 1 fully saturated rings. The number of hydrogen-bond donors (Lipinski definition) is 0. The Morgan fingerprint density at radius 2 is 2.03 bits per heavy atom. The monoisotopic (exact) mass is 401 g/mol. The molecule has 0 aromatic heterocycles. The van der Waals surface area contributed by atoms with Gasteiger partial charge in [0.05, 0.1) is 29.5 Å². The van der Waals surface area contributed by atoms with Crippen LogP contribution in [0.15, 0.2) is 30.4 Å². The van der Waals surface area contributed by atoms with Gasteiger partial charge in [-0.15, -0.1) is 0 Å². The molecule has 1 aromatic carbocycles. The molecular formula is C22H27NO6. The Kier molecular flexibility index (Phi) is 4.81. The highest BCUT2D eigenvalue weighted by atomic mass is 16.7. The van der Waals surface area contributed by atoms with Crippen molar-refractivity contribution in [3.8, 4) is 11.5 Å². The van der Waals surface area contributed by atoms with E-state index in [1.165, 1.54) is 0 Å². The van der Waals surface area contributed by atoms with Gasteiger partial charge < -0.3 is 23.8 Å². The van der Waals surface area contributed by atoms with Gasteiger partial charge in [0.1, 0.15) is 6.10 Å². The molecule has 4 rings (SSSR count). The van der Waals surface area contributed by atoms with Gasteiger partial charge in [0, 0.05) is 7.11 Å². The van der Waals surface area contributed by atoms with Crippen molar-refractivity contribution in [3.63, 3.8) is 0 Å². The predicted molar refractivity (Wildman–Crippen MR) is 105 cm³/mol. The molecule has 2 aliphatic heterocycles. The highest BCUT2D eigenvalue weighted by Gasteiger charge is 2.58. The minimum absolute atomic E-state index is 0.110. The van der Waals surface area contributed by atoms with Gasteiger partial charge >= 0.3 is 5.97 Å². The standard InChI is InChI=1S/C22H27NO6/c1-21(2,3)20(25)29-19-11-23(12-24)18-10-15(26-4)7-8-22(18,19)14-5-6-16-17(9-14)28-13-27-16/h5-9,12,15,18-19H,10-11,13H2,1-4H3/t15-,18+,19+,22+/m1/s1. The molecule has 0 unspecified atom stereocenters. The minimum Gasteiger partial charge on any atom is -0.459 e.